The van der Waals surface area contributed by atoms with E-state index < -0.39 is 0 Å². The average molecular weight is 313 g/mol. The van der Waals surface area contributed by atoms with Crippen molar-refractivity contribution in [1.82, 2.24) is 10.2 Å². The number of hydrogen-bond acceptors (Lipinski definition) is 2. The summed E-state index contributed by atoms with van der Waals surface area (Å²) in [7, 11) is 1.92. The van der Waals surface area contributed by atoms with Gasteiger partial charge in [0.25, 0.3) is 0 Å². The van der Waals surface area contributed by atoms with E-state index in [1.54, 1.807) is 0 Å². The van der Waals surface area contributed by atoms with E-state index in [2.05, 4.69) is 5.32 Å². The summed E-state index contributed by atoms with van der Waals surface area (Å²) in [6, 6.07) is 6.02. The first-order valence-electron chi connectivity index (χ1n) is 7.00. The molecule has 2 aliphatic rings. The summed E-state index contributed by atoms with van der Waals surface area (Å²) in [6.07, 6.45) is 1.97. The molecule has 108 valence electrons. The van der Waals surface area contributed by atoms with Gasteiger partial charge < -0.3 is 10.2 Å². The number of nitrogens with one attached hydrogen (secondary N) is 1. The van der Waals surface area contributed by atoms with E-state index in [1.165, 1.54) is 0 Å². The number of hydrogen-bond donors (Lipinski definition) is 1. The zero-order chi connectivity index (χ0) is 14.3. The minimum Gasteiger partial charge on any atom is -0.341 e. The third-order valence-electron chi connectivity index (χ3n) is 4.41. The van der Waals surface area contributed by atoms with E-state index >= 15 is 0 Å². The second-order valence-corrected chi connectivity index (χ2v) is 6.53. The molecule has 2 fully saturated rings. The van der Waals surface area contributed by atoms with Crippen LogP contribution in [0.2, 0.25) is 10.0 Å². The van der Waals surface area contributed by atoms with Crippen molar-refractivity contribution in [2.75, 3.05) is 20.1 Å². The number of carbonyl (C=O) groups is 1. The van der Waals surface area contributed by atoms with Crippen molar-refractivity contribution in [1.29, 1.82) is 0 Å². The molecule has 20 heavy (non-hydrogen) atoms. The van der Waals surface area contributed by atoms with Gasteiger partial charge in [-0.1, -0.05) is 29.3 Å². The highest BCUT2D eigenvalue weighted by Gasteiger charge is 2.46. The first kappa shape index (κ1) is 14.2. The number of carbonyl (C=O) groups excluding carboxylic acids is 1. The fourth-order valence-corrected chi connectivity index (χ4v) is 3.30. The quantitative estimate of drug-likeness (QED) is 0.930. The van der Waals surface area contributed by atoms with Gasteiger partial charge in [-0.05, 0) is 43.0 Å². The maximum Gasteiger partial charge on any atom is 0.226 e. The Balaban J connectivity index is 1.65. The van der Waals surface area contributed by atoms with Crippen LogP contribution in [0.4, 0.5) is 0 Å². The van der Waals surface area contributed by atoms with Gasteiger partial charge in [0, 0.05) is 25.6 Å². The van der Waals surface area contributed by atoms with Crippen LogP contribution in [0.1, 0.15) is 24.3 Å². The SMILES string of the molecule is CN(C(=O)C1CC1c1ccc(Cl)c(Cl)c1)C1CCNC1. The molecule has 3 rings (SSSR count). The van der Waals surface area contributed by atoms with Crippen LogP contribution in [0, 0.1) is 5.92 Å². The molecule has 3 atom stereocenters. The summed E-state index contributed by atoms with van der Waals surface area (Å²) in [4.78, 5) is 14.4. The molecule has 0 radical (unpaired) electrons. The van der Waals surface area contributed by atoms with Gasteiger partial charge in [0.1, 0.15) is 0 Å². The lowest BCUT2D eigenvalue weighted by Crippen LogP contribution is -2.39. The molecule has 0 spiro atoms. The minimum atomic E-state index is 0.109. The molecule has 0 aromatic heterocycles. The Kier molecular flexibility index (Phi) is 3.93. The zero-order valence-electron chi connectivity index (χ0n) is 11.4. The van der Waals surface area contributed by atoms with E-state index in [0.29, 0.717) is 22.0 Å². The molecule has 1 aromatic rings. The van der Waals surface area contributed by atoms with Crippen molar-refractivity contribution in [3.8, 4) is 0 Å². The first-order valence-corrected chi connectivity index (χ1v) is 7.76. The molecule has 3 unspecified atom stereocenters. The van der Waals surface area contributed by atoms with Crippen LogP contribution in [0.25, 0.3) is 0 Å². The van der Waals surface area contributed by atoms with Crippen molar-refractivity contribution in [2.45, 2.75) is 24.8 Å². The normalized spacial score (nSPS) is 28.4. The minimum absolute atomic E-state index is 0.109. The maximum atomic E-state index is 12.5. The summed E-state index contributed by atoms with van der Waals surface area (Å²) >= 11 is 12.0. The maximum absolute atomic E-state index is 12.5. The standard InChI is InChI=1S/C15H18Cl2N2O/c1-19(10-4-5-18-8-10)15(20)12-7-11(12)9-2-3-13(16)14(17)6-9/h2-3,6,10-12,18H,4-5,7-8H2,1H3. The van der Waals surface area contributed by atoms with Crippen LogP contribution in [0.5, 0.6) is 0 Å². The van der Waals surface area contributed by atoms with Crippen LogP contribution >= 0.6 is 23.2 Å². The fourth-order valence-electron chi connectivity index (χ4n) is 2.99. The molecule has 1 amide bonds. The highest BCUT2D eigenvalue weighted by atomic mass is 35.5. The molecule has 5 heteroatoms. The largest absolute Gasteiger partial charge is 0.341 e. The van der Waals surface area contributed by atoms with Crippen LogP contribution in [0.3, 0.4) is 0 Å². The fraction of sp³-hybridized carbons (Fsp3) is 0.533. The molecule has 1 saturated carbocycles. The number of nitrogens with zero attached hydrogens (tertiary/aromatic N) is 1. The van der Waals surface area contributed by atoms with Gasteiger partial charge in [-0.25, -0.2) is 0 Å². The summed E-state index contributed by atoms with van der Waals surface area (Å²) in [5.74, 6) is 0.668. The lowest BCUT2D eigenvalue weighted by molar-refractivity contribution is -0.133. The number of benzene rings is 1. The van der Waals surface area contributed by atoms with Crippen LogP contribution < -0.4 is 5.32 Å². The van der Waals surface area contributed by atoms with Gasteiger partial charge in [0.15, 0.2) is 0 Å². The monoisotopic (exact) mass is 312 g/mol. The average Bonchev–Trinajstić information content (AvgIpc) is 3.05. The molecule has 0 bridgehead atoms. The predicted octanol–water partition coefficient (Wildman–Crippen LogP) is 2.92. The number of rotatable bonds is 3. The van der Waals surface area contributed by atoms with Crippen LogP contribution in [-0.2, 0) is 4.79 Å². The van der Waals surface area contributed by atoms with Crippen molar-refractivity contribution in [2.24, 2.45) is 5.92 Å². The summed E-state index contributed by atoms with van der Waals surface area (Å²) in [5.41, 5.74) is 1.12. The second kappa shape index (κ2) is 5.55. The Morgan fingerprint density at radius 3 is 2.80 bits per heavy atom. The van der Waals surface area contributed by atoms with Gasteiger partial charge in [0.05, 0.1) is 10.0 Å². The molecular formula is C15H18Cl2N2O. The molecule has 1 aromatic carbocycles. The van der Waals surface area contributed by atoms with Gasteiger partial charge in [-0.15, -0.1) is 0 Å². The lowest BCUT2D eigenvalue weighted by Gasteiger charge is -2.24. The first-order chi connectivity index (χ1) is 9.58. The Labute approximate surface area is 129 Å². The number of likely N-dealkylation sites (N-methyl/N-ethyl adjacent to an activating group) is 1. The molecule has 1 saturated heterocycles. The van der Waals surface area contributed by atoms with Crippen LogP contribution in [0.15, 0.2) is 18.2 Å². The van der Waals surface area contributed by atoms with Crippen molar-refractivity contribution in [3.63, 3.8) is 0 Å². The van der Waals surface area contributed by atoms with E-state index in [1.807, 2.05) is 30.1 Å². The molecule has 1 N–H and O–H groups in total. The Hall–Kier alpha value is -0.770. The Morgan fingerprint density at radius 2 is 2.15 bits per heavy atom. The second-order valence-electron chi connectivity index (χ2n) is 5.72. The lowest BCUT2D eigenvalue weighted by atomic mass is 10.1. The Morgan fingerprint density at radius 1 is 1.35 bits per heavy atom. The Bertz CT molecular complexity index is 529. The van der Waals surface area contributed by atoms with Gasteiger partial charge in [0.2, 0.25) is 5.91 Å². The third-order valence-corrected chi connectivity index (χ3v) is 5.15. The smallest absolute Gasteiger partial charge is 0.226 e. The molecule has 3 nitrogen and oxygen atoms in total. The predicted molar refractivity (Wildman–Crippen MR) is 81.4 cm³/mol. The third kappa shape index (κ3) is 2.67. The van der Waals surface area contributed by atoms with Crippen molar-refractivity contribution < 1.29 is 4.79 Å². The summed E-state index contributed by atoms with van der Waals surface area (Å²) in [5, 5.41) is 4.43. The van der Waals surface area contributed by atoms with E-state index in [0.717, 1.165) is 31.5 Å². The van der Waals surface area contributed by atoms with E-state index in [-0.39, 0.29) is 11.8 Å². The number of halogens is 2. The summed E-state index contributed by atoms with van der Waals surface area (Å²) < 4.78 is 0. The highest BCUT2D eigenvalue weighted by molar-refractivity contribution is 6.42. The van der Waals surface area contributed by atoms with Gasteiger partial charge >= 0.3 is 0 Å². The zero-order valence-corrected chi connectivity index (χ0v) is 12.9. The summed E-state index contributed by atoms with van der Waals surface area (Å²) in [6.45, 7) is 1.91. The van der Waals surface area contributed by atoms with Crippen molar-refractivity contribution >= 4 is 29.1 Å². The van der Waals surface area contributed by atoms with Gasteiger partial charge in [-0.2, -0.15) is 0 Å². The molecule has 1 heterocycles. The molecule has 1 aliphatic carbocycles. The number of amides is 1. The highest BCUT2D eigenvalue weighted by Crippen LogP contribution is 2.49. The van der Waals surface area contributed by atoms with Crippen LogP contribution in [-0.4, -0.2) is 37.0 Å². The van der Waals surface area contributed by atoms with E-state index in [4.69, 9.17) is 23.2 Å². The van der Waals surface area contributed by atoms with E-state index in [9.17, 15) is 4.79 Å². The van der Waals surface area contributed by atoms with Gasteiger partial charge in [-0.3, -0.25) is 4.79 Å². The van der Waals surface area contributed by atoms with Crippen molar-refractivity contribution in [3.05, 3.63) is 33.8 Å². The molecule has 1 aliphatic heterocycles. The topological polar surface area (TPSA) is 32.3 Å². The molecular weight excluding hydrogens is 295 g/mol.